The van der Waals surface area contributed by atoms with Gasteiger partial charge in [0.05, 0.1) is 0 Å². The lowest BCUT2D eigenvalue weighted by atomic mass is 10.1. The van der Waals surface area contributed by atoms with Gasteiger partial charge in [0.1, 0.15) is 0 Å². The Kier molecular flexibility index (Phi) is 3.06. The number of anilines is 1. The first-order valence-corrected chi connectivity index (χ1v) is 5.46. The summed E-state index contributed by atoms with van der Waals surface area (Å²) in [6.07, 6.45) is 3.35. The van der Waals surface area contributed by atoms with Crippen molar-refractivity contribution in [2.75, 3.05) is 11.9 Å². The molecule has 1 amide bonds. The maximum atomic E-state index is 11.8. The number of rotatable bonds is 2. The average molecular weight is 216 g/mol. The molecule has 0 spiro atoms. The molecule has 3 heteroatoms. The zero-order valence-electron chi connectivity index (χ0n) is 9.66. The van der Waals surface area contributed by atoms with Gasteiger partial charge in [0.25, 0.3) is 0 Å². The first-order valence-electron chi connectivity index (χ1n) is 5.46. The van der Waals surface area contributed by atoms with Gasteiger partial charge in [-0.1, -0.05) is 18.2 Å². The summed E-state index contributed by atoms with van der Waals surface area (Å²) in [6.45, 7) is 3.59. The van der Waals surface area contributed by atoms with Crippen LogP contribution in [0.4, 0.5) is 5.69 Å². The summed E-state index contributed by atoms with van der Waals surface area (Å²) < 4.78 is 0. The molecule has 0 bridgehead atoms. The second kappa shape index (κ2) is 4.49. The summed E-state index contributed by atoms with van der Waals surface area (Å²) in [7, 11) is 1.82. The van der Waals surface area contributed by atoms with E-state index in [1.165, 1.54) is 11.1 Å². The molecule has 16 heavy (non-hydrogen) atoms. The quantitative estimate of drug-likeness (QED) is 0.765. The van der Waals surface area contributed by atoms with E-state index in [1.807, 2.05) is 26.1 Å². The van der Waals surface area contributed by atoms with Crippen molar-refractivity contribution < 1.29 is 4.79 Å². The number of hydrogen-bond acceptors (Lipinski definition) is 2. The smallest absolute Gasteiger partial charge is 0.250 e. The Morgan fingerprint density at radius 3 is 3.00 bits per heavy atom. The second-order valence-electron chi connectivity index (χ2n) is 3.92. The topological polar surface area (TPSA) is 32.3 Å². The van der Waals surface area contributed by atoms with Crippen molar-refractivity contribution in [2.45, 2.75) is 20.0 Å². The van der Waals surface area contributed by atoms with Crippen LogP contribution in [0.1, 0.15) is 18.1 Å². The summed E-state index contributed by atoms with van der Waals surface area (Å²) in [5.41, 5.74) is 3.53. The number of amides is 1. The van der Waals surface area contributed by atoms with E-state index in [2.05, 4.69) is 11.4 Å². The molecule has 84 valence electrons. The van der Waals surface area contributed by atoms with Crippen molar-refractivity contribution >= 4 is 11.6 Å². The molecule has 1 aliphatic rings. The van der Waals surface area contributed by atoms with E-state index in [-0.39, 0.29) is 5.91 Å². The lowest BCUT2D eigenvalue weighted by Crippen LogP contribution is -2.25. The molecule has 0 radical (unpaired) electrons. The van der Waals surface area contributed by atoms with E-state index >= 15 is 0 Å². The van der Waals surface area contributed by atoms with Crippen LogP contribution in [0.3, 0.4) is 0 Å². The third-order valence-electron chi connectivity index (χ3n) is 2.87. The molecular weight excluding hydrogens is 200 g/mol. The summed E-state index contributed by atoms with van der Waals surface area (Å²) in [6, 6.07) is 6.10. The first-order chi connectivity index (χ1) is 7.74. The fraction of sp³-hybridized carbons (Fsp3) is 0.308. The minimum absolute atomic E-state index is 0.0165. The monoisotopic (exact) mass is 216 g/mol. The Morgan fingerprint density at radius 2 is 2.25 bits per heavy atom. The minimum atomic E-state index is 0.0165. The molecule has 1 N–H and O–H groups in total. The highest BCUT2D eigenvalue weighted by Crippen LogP contribution is 2.26. The molecular formula is C13H16N2O. The Hall–Kier alpha value is -1.61. The third-order valence-corrected chi connectivity index (χ3v) is 2.87. The summed E-state index contributed by atoms with van der Waals surface area (Å²) in [5, 5.41) is 3.30. The van der Waals surface area contributed by atoms with Crippen LogP contribution >= 0.6 is 0 Å². The Balaban J connectivity index is 2.34. The van der Waals surface area contributed by atoms with E-state index < -0.39 is 0 Å². The van der Waals surface area contributed by atoms with Crippen molar-refractivity contribution in [3.05, 3.63) is 41.5 Å². The molecule has 1 aromatic rings. The number of likely N-dealkylation sites (N-methyl/N-ethyl adjacent to an activating group) is 1. The molecule has 1 heterocycles. The van der Waals surface area contributed by atoms with Crippen molar-refractivity contribution in [2.24, 2.45) is 0 Å². The van der Waals surface area contributed by atoms with Crippen LogP contribution in [-0.2, 0) is 17.9 Å². The van der Waals surface area contributed by atoms with Crippen LogP contribution in [0.5, 0.6) is 0 Å². The van der Waals surface area contributed by atoms with Gasteiger partial charge in [-0.25, -0.2) is 0 Å². The maximum Gasteiger partial charge on any atom is 0.250 e. The fourth-order valence-corrected chi connectivity index (χ4v) is 2.00. The predicted molar refractivity (Wildman–Crippen MR) is 65.2 cm³/mol. The van der Waals surface area contributed by atoms with Crippen LogP contribution in [-0.4, -0.2) is 13.0 Å². The van der Waals surface area contributed by atoms with Crippen molar-refractivity contribution in [1.82, 2.24) is 5.32 Å². The summed E-state index contributed by atoms with van der Waals surface area (Å²) >= 11 is 0. The molecule has 0 saturated heterocycles. The van der Waals surface area contributed by atoms with E-state index in [9.17, 15) is 4.79 Å². The molecule has 0 aromatic heterocycles. The van der Waals surface area contributed by atoms with Gasteiger partial charge >= 0.3 is 0 Å². The van der Waals surface area contributed by atoms with Gasteiger partial charge in [-0.2, -0.15) is 0 Å². The largest absolute Gasteiger partial charge is 0.312 e. The Labute approximate surface area is 95.8 Å². The fourth-order valence-electron chi connectivity index (χ4n) is 2.00. The minimum Gasteiger partial charge on any atom is -0.312 e. The molecule has 3 nitrogen and oxygen atoms in total. The zero-order valence-corrected chi connectivity index (χ0v) is 9.66. The highest BCUT2D eigenvalue weighted by molar-refractivity contribution is 6.01. The second-order valence-corrected chi connectivity index (χ2v) is 3.92. The van der Waals surface area contributed by atoms with Gasteiger partial charge in [-0.05, 0) is 30.2 Å². The number of fused-ring (bicyclic) bond motifs is 1. The third kappa shape index (κ3) is 1.86. The van der Waals surface area contributed by atoms with Crippen molar-refractivity contribution in [1.29, 1.82) is 0 Å². The maximum absolute atomic E-state index is 11.8. The van der Waals surface area contributed by atoms with Gasteiger partial charge in [-0.15, -0.1) is 0 Å². The van der Waals surface area contributed by atoms with E-state index in [0.29, 0.717) is 0 Å². The van der Waals surface area contributed by atoms with Gasteiger partial charge in [0.15, 0.2) is 0 Å². The van der Waals surface area contributed by atoms with Crippen molar-refractivity contribution in [3.63, 3.8) is 0 Å². The molecule has 0 aliphatic carbocycles. The van der Waals surface area contributed by atoms with Crippen molar-refractivity contribution in [3.8, 4) is 0 Å². The lowest BCUT2D eigenvalue weighted by molar-refractivity contribution is -0.113. The van der Waals surface area contributed by atoms with Gasteiger partial charge < -0.3 is 10.2 Å². The van der Waals surface area contributed by atoms with Gasteiger partial charge in [-0.3, -0.25) is 4.79 Å². The standard InChI is InChI=1S/C13H16N2O/c1-3-5-13(16)15(2)12-7-4-6-10-8-14-9-11(10)12/h3-7,14H,8-9H2,1-2H3. The molecule has 0 saturated carbocycles. The summed E-state index contributed by atoms with van der Waals surface area (Å²) in [4.78, 5) is 13.5. The Bertz CT molecular complexity index is 438. The SMILES string of the molecule is CC=CC(=O)N(C)c1cccc2c1CNC2. The number of nitrogens with zero attached hydrogens (tertiary/aromatic N) is 1. The van der Waals surface area contributed by atoms with Crippen LogP contribution in [0, 0.1) is 0 Å². The molecule has 0 unspecified atom stereocenters. The Morgan fingerprint density at radius 1 is 1.44 bits per heavy atom. The van der Waals surface area contributed by atoms with Crippen LogP contribution in [0.25, 0.3) is 0 Å². The normalized spacial score (nSPS) is 14.1. The van der Waals surface area contributed by atoms with Crippen LogP contribution in [0.2, 0.25) is 0 Å². The van der Waals surface area contributed by atoms with E-state index in [4.69, 9.17) is 0 Å². The van der Waals surface area contributed by atoms with E-state index in [1.54, 1.807) is 17.1 Å². The molecule has 1 aromatic carbocycles. The lowest BCUT2D eigenvalue weighted by Gasteiger charge is -2.18. The number of carbonyl (C=O) groups is 1. The van der Waals surface area contributed by atoms with Crippen LogP contribution < -0.4 is 10.2 Å². The van der Waals surface area contributed by atoms with Crippen LogP contribution in [0.15, 0.2) is 30.4 Å². The number of hydrogen-bond donors (Lipinski definition) is 1. The van der Waals surface area contributed by atoms with E-state index in [0.717, 1.165) is 18.8 Å². The average Bonchev–Trinajstić information content (AvgIpc) is 2.76. The zero-order chi connectivity index (χ0) is 11.5. The highest BCUT2D eigenvalue weighted by atomic mass is 16.2. The number of allylic oxidation sites excluding steroid dienone is 1. The first kappa shape index (κ1) is 10.9. The number of nitrogens with one attached hydrogen (secondary N) is 1. The van der Waals surface area contributed by atoms with Gasteiger partial charge in [0.2, 0.25) is 5.91 Å². The highest BCUT2D eigenvalue weighted by Gasteiger charge is 2.18. The molecule has 2 rings (SSSR count). The number of carbonyl (C=O) groups excluding carboxylic acids is 1. The molecule has 0 atom stereocenters. The molecule has 0 fully saturated rings. The molecule has 1 aliphatic heterocycles. The van der Waals surface area contributed by atoms with Gasteiger partial charge in [0, 0.05) is 25.8 Å². The summed E-state index contributed by atoms with van der Waals surface area (Å²) in [5.74, 6) is 0.0165. The predicted octanol–water partition coefficient (Wildman–Crippen LogP) is 1.83. The number of benzene rings is 1.